The summed E-state index contributed by atoms with van der Waals surface area (Å²) in [6, 6.07) is 3.52. The van der Waals surface area contributed by atoms with E-state index in [9.17, 15) is 4.79 Å². The number of anilines is 1. The van der Waals surface area contributed by atoms with Crippen LogP contribution >= 0.6 is 0 Å². The zero-order valence-electron chi connectivity index (χ0n) is 11.4. The molecule has 0 bridgehead atoms. The molecule has 0 aliphatic carbocycles. The van der Waals surface area contributed by atoms with Gasteiger partial charge in [0.15, 0.2) is 5.82 Å². The first-order valence-electron chi connectivity index (χ1n) is 6.76. The van der Waals surface area contributed by atoms with Crippen molar-refractivity contribution in [3.05, 3.63) is 18.3 Å². The Kier molecular flexibility index (Phi) is 3.64. The molecule has 106 valence electrons. The third-order valence-electron chi connectivity index (χ3n) is 3.66. The summed E-state index contributed by atoms with van der Waals surface area (Å²) in [5.41, 5.74) is 0.955. The van der Waals surface area contributed by atoms with E-state index < -0.39 is 0 Å². The Hall–Kier alpha value is -1.95. The molecule has 1 saturated heterocycles. The van der Waals surface area contributed by atoms with E-state index >= 15 is 0 Å². The van der Waals surface area contributed by atoms with Gasteiger partial charge in [-0.3, -0.25) is 4.79 Å². The van der Waals surface area contributed by atoms with Gasteiger partial charge in [-0.15, -0.1) is 0 Å². The number of nitrogens with zero attached hydrogens (tertiary/aromatic N) is 3. The molecule has 1 aromatic heterocycles. The number of ether oxygens (including phenoxy) is 2. The summed E-state index contributed by atoms with van der Waals surface area (Å²) >= 11 is 0. The number of pyridine rings is 1. The van der Waals surface area contributed by atoms with E-state index in [0.29, 0.717) is 23.9 Å². The molecule has 3 rings (SSSR count). The first-order chi connectivity index (χ1) is 9.78. The molecule has 6 nitrogen and oxygen atoms in total. The zero-order valence-corrected chi connectivity index (χ0v) is 11.4. The van der Waals surface area contributed by atoms with Crippen LogP contribution < -0.4 is 9.75 Å². The number of methoxy groups -OCH3 is 1. The summed E-state index contributed by atoms with van der Waals surface area (Å²) in [4.78, 5) is 16.3. The van der Waals surface area contributed by atoms with Crippen LogP contribution in [0.4, 0.5) is 5.82 Å². The van der Waals surface area contributed by atoms with Gasteiger partial charge in [0, 0.05) is 19.1 Å². The quantitative estimate of drug-likeness (QED) is 0.840. The number of aromatic nitrogens is 1. The van der Waals surface area contributed by atoms with Crippen LogP contribution in [-0.4, -0.2) is 36.9 Å². The Morgan fingerprint density at radius 2 is 2.15 bits per heavy atom. The average molecular weight is 275 g/mol. The molecular weight excluding hydrogens is 258 g/mol. The highest BCUT2D eigenvalue weighted by molar-refractivity contribution is 6.13. The summed E-state index contributed by atoms with van der Waals surface area (Å²) in [6.45, 7) is 1.50. The van der Waals surface area contributed by atoms with Gasteiger partial charge < -0.3 is 9.47 Å². The van der Waals surface area contributed by atoms with Gasteiger partial charge >= 0.3 is 0 Å². The molecule has 0 spiro atoms. The van der Waals surface area contributed by atoms with Crippen LogP contribution in [0.15, 0.2) is 23.4 Å². The maximum atomic E-state index is 12.1. The van der Waals surface area contributed by atoms with Gasteiger partial charge in [0.25, 0.3) is 5.91 Å². The van der Waals surface area contributed by atoms with Gasteiger partial charge in [0.2, 0.25) is 0 Å². The third kappa shape index (κ3) is 2.51. The monoisotopic (exact) mass is 275 g/mol. The first kappa shape index (κ1) is 13.1. The van der Waals surface area contributed by atoms with Gasteiger partial charge in [-0.25, -0.2) is 4.98 Å². The molecule has 0 unspecified atom stereocenters. The van der Waals surface area contributed by atoms with E-state index in [0.717, 1.165) is 31.8 Å². The second-order valence-electron chi connectivity index (χ2n) is 4.92. The van der Waals surface area contributed by atoms with Crippen molar-refractivity contribution in [2.24, 2.45) is 11.0 Å². The van der Waals surface area contributed by atoms with E-state index in [-0.39, 0.29) is 5.91 Å². The largest absolute Gasteiger partial charge is 0.495 e. The molecular formula is C14H17N3O3. The van der Waals surface area contributed by atoms with Crippen molar-refractivity contribution < 1.29 is 14.3 Å². The van der Waals surface area contributed by atoms with E-state index in [1.807, 2.05) is 0 Å². The maximum absolute atomic E-state index is 12.1. The Balaban J connectivity index is 1.78. The summed E-state index contributed by atoms with van der Waals surface area (Å²) in [5.74, 6) is 1.53. The van der Waals surface area contributed by atoms with Crippen molar-refractivity contribution in [2.75, 3.05) is 25.3 Å². The van der Waals surface area contributed by atoms with Crippen LogP contribution in [0.1, 0.15) is 19.3 Å². The highest BCUT2D eigenvalue weighted by Crippen LogP contribution is 2.26. The van der Waals surface area contributed by atoms with Crippen molar-refractivity contribution in [3.8, 4) is 5.75 Å². The minimum atomic E-state index is -0.0239. The van der Waals surface area contributed by atoms with Crippen molar-refractivity contribution in [3.63, 3.8) is 0 Å². The Bertz CT molecular complexity index is 521. The molecule has 20 heavy (non-hydrogen) atoms. The van der Waals surface area contributed by atoms with Gasteiger partial charge in [0.1, 0.15) is 5.75 Å². The molecule has 0 saturated carbocycles. The van der Waals surface area contributed by atoms with Crippen LogP contribution in [0, 0.1) is 5.92 Å². The van der Waals surface area contributed by atoms with Gasteiger partial charge in [-0.05, 0) is 25.0 Å². The summed E-state index contributed by atoms with van der Waals surface area (Å²) in [6.07, 6.45) is 3.86. The highest BCUT2D eigenvalue weighted by Gasteiger charge is 2.31. The van der Waals surface area contributed by atoms with Crippen LogP contribution in [-0.2, 0) is 9.53 Å². The second kappa shape index (κ2) is 5.58. The van der Waals surface area contributed by atoms with Gasteiger partial charge in [-0.2, -0.15) is 10.1 Å². The molecule has 0 radical (unpaired) electrons. The number of rotatable bonds is 3. The molecule has 0 atom stereocenters. The lowest BCUT2D eigenvalue weighted by Gasteiger charge is -2.21. The van der Waals surface area contributed by atoms with Crippen molar-refractivity contribution in [1.82, 2.24) is 4.98 Å². The molecule has 1 aromatic rings. The molecule has 3 heterocycles. The van der Waals surface area contributed by atoms with Gasteiger partial charge in [0.05, 0.1) is 25.4 Å². The van der Waals surface area contributed by atoms with E-state index in [2.05, 4.69) is 10.1 Å². The molecule has 1 fully saturated rings. The lowest BCUT2D eigenvalue weighted by atomic mass is 9.93. The van der Waals surface area contributed by atoms with Crippen LogP contribution in [0.3, 0.4) is 0 Å². The van der Waals surface area contributed by atoms with Crippen LogP contribution in [0.5, 0.6) is 5.75 Å². The number of carbonyl (C=O) groups excluding carboxylic acids is 1. The smallest absolute Gasteiger partial charge is 0.254 e. The highest BCUT2D eigenvalue weighted by atomic mass is 16.5. The first-order valence-corrected chi connectivity index (χ1v) is 6.76. The molecule has 2 aliphatic rings. The lowest BCUT2D eigenvalue weighted by Crippen LogP contribution is -2.23. The standard InChI is InChI=1S/C14H17N3O3/c1-19-11-2-3-13(15-9-11)17-14(18)8-12(16-17)10-4-6-20-7-5-10/h2-3,9-10H,4-8H2,1H3. The topological polar surface area (TPSA) is 64.0 Å². The lowest BCUT2D eigenvalue weighted by molar-refractivity contribution is -0.117. The fourth-order valence-electron chi connectivity index (χ4n) is 2.50. The molecule has 0 N–H and O–H groups in total. The number of amides is 1. The van der Waals surface area contributed by atoms with Crippen molar-refractivity contribution >= 4 is 17.4 Å². The van der Waals surface area contributed by atoms with E-state index in [4.69, 9.17) is 9.47 Å². The third-order valence-corrected chi connectivity index (χ3v) is 3.66. The fraction of sp³-hybridized carbons (Fsp3) is 0.500. The summed E-state index contributed by atoms with van der Waals surface area (Å²) in [5, 5.41) is 5.85. The number of hydrogen-bond donors (Lipinski definition) is 0. The molecule has 0 aromatic carbocycles. The van der Waals surface area contributed by atoms with Crippen LogP contribution in [0.2, 0.25) is 0 Å². The predicted molar refractivity (Wildman–Crippen MR) is 73.9 cm³/mol. The Morgan fingerprint density at radius 1 is 1.35 bits per heavy atom. The Labute approximate surface area is 117 Å². The normalized spacial score (nSPS) is 20.1. The molecule has 1 amide bonds. The summed E-state index contributed by atoms with van der Waals surface area (Å²) in [7, 11) is 1.58. The fourth-order valence-corrected chi connectivity index (χ4v) is 2.50. The second-order valence-corrected chi connectivity index (χ2v) is 4.92. The van der Waals surface area contributed by atoms with Crippen LogP contribution in [0.25, 0.3) is 0 Å². The predicted octanol–water partition coefficient (Wildman–Crippen LogP) is 1.61. The Morgan fingerprint density at radius 3 is 2.80 bits per heavy atom. The molecule has 2 aliphatic heterocycles. The zero-order chi connectivity index (χ0) is 13.9. The van der Waals surface area contributed by atoms with E-state index in [1.54, 1.807) is 25.4 Å². The SMILES string of the molecule is COc1ccc(N2N=C(C3CCOCC3)CC2=O)nc1. The minimum Gasteiger partial charge on any atom is -0.495 e. The van der Waals surface area contributed by atoms with Crippen molar-refractivity contribution in [1.29, 1.82) is 0 Å². The maximum Gasteiger partial charge on any atom is 0.254 e. The molecule has 6 heteroatoms. The van der Waals surface area contributed by atoms with Gasteiger partial charge in [-0.1, -0.05) is 0 Å². The number of carbonyl (C=O) groups is 1. The minimum absolute atomic E-state index is 0.0239. The number of hydrogen-bond acceptors (Lipinski definition) is 5. The van der Waals surface area contributed by atoms with Crippen molar-refractivity contribution in [2.45, 2.75) is 19.3 Å². The number of hydrazone groups is 1. The average Bonchev–Trinajstić information content (AvgIpc) is 2.90. The summed E-state index contributed by atoms with van der Waals surface area (Å²) < 4.78 is 10.4. The van der Waals surface area contributed by atoms with E-state index in [1.165, 1.54) is 5.01 Å².